The molecule has 0 unspecified atom stereocenters. The number of carboxylic acid groups (broad SMARTS) is 1. The van der Waals surface area contributed by atoms with Crippen molar-refractivity contribution in [1.29, 1.82) is 0 Å². The van der Waals surface area contributed by atoms with E-state index < -0.39 is 36.2 Å². The maximum absolute atomic E-state index is 12.6. The van der Waals surface area contributed by atoms with Gasteiger partial charge in [0.25, 0.3) is 0 Å². The molecule has 3 N–H and O–H groups in total. The normalized spacial score (nSPS) is 13.0. The van der Waals surface area contributed by atoms with Crippen molar-refractivity contribution in [2.75, 3.05) is 31.3 Å². The molecule has 11 nitrogen and oxygen atoms in total. The summed E-state index contributed by atoms with van der Waals surface area (Å²) in [5.74, 6) is -0.784. The number of allylic oxidation sites excluding steroid dienone is 1. The summed E-state index contributed by atoms with van der Waals surface area (Å²) in [5, 5.41) is 14.6. The molecule has 1 aliphatic carbocycles. The second kappa shape index (κ2) is 18.2. The van der Waals surface area contributed by atoms with E-state index in [4.69, 9.17) is 18.9 Å². The third-order valence-corrected chi connectivity index (χ3v) is 8.33. The van der Waals surface area contributed by atoms with Crippen LogP contribution in [0.1, 0.15) is 29.5 Å². The van der Waals surface area contributed by atoms with Crippen LogP contribution in [-0.2, 0) is 30.2 Å². The fraction of sp³-hybridized carbons (Fsp3) is 0.278. The van der Waals surface area contributed by atoms with E-state index in [9.17, 15) is 24.3 Å². The Morgan fingerprint density at radius 3 is 2.15 bits per heavy atom. The second-order valence-electron chi connectivity index (χ2n) is 10.6. The van der Waals surface area contributed by atoms with Gasteiger partial charge in [-0.3, -0.25) is 0 Å². The van der Waals surface area contributed by atoms with Gasteiger partial charge in [-0.15, -0.1) is 0 Å². The molecule has 0 heterocycles. The van der Waals surface area contributed by atoms with Gasteiger partial charge in [0.15, 0.2) is 0 Å². The van der Waals surface area contributed by atoms with E-state index in [1.165, 1.54) is 24.1 Å². The first-order valence-electron chi connectivity index (χ1n) is 15.3. The van der Waals surface area contributed by atoms with Crippen molar-refractivity contribution < 1.29 is 43.2 Å². The van der Waals surface area contributed by atoms with Gasteiger partial charge in [-0.2, -0.15) is 11.8 Å². The van der Waals surface area contributed by atoms with Gasteiger partial charge in [0.1, 0.15) is 31.0 Å². The van der Waals surface area contributed by atoms with Crippen molar-refractivity contribution in [3.63, 3.8) is 0 Å². The minimum Gasteiger partial charge on any atom is -0.493 e. The molecule has 12 heteroatoms. The van der Waals surface area contributed by atoms with E-state index in [0.717, 1.165) is 27.8 Å². The summed E-state index contributed by atoms with van der Waals surface area (Å²) in [4.78, 5) is 48.9. The number of aliphatic carboxylic acids is 1. The van der Waals surface area contributed by atoms with Gasteiger partial charge in [0.05, 0.1) is 12.9 Å². The second-order valence-corrected chi connectivity index (χ2v) is 11.8. The molecule has 0 spiro atoms. The van der Waals surface area contributed by atoms with Crippen molar-refractivity contribution in [3.8, 4) is 16.9 Å². The topological polar surface area (TPSA) is 149 Å². The number of fused-ring (bicyclic) bond motifs is 3. The van der Waals surface area contributed by atoms with Gasteiger partial charge in [0.2, 0.25) is 0 Å². The van der Waals surface area contributed by atoms with Gasteiger partial charge in [0, 0.05) is 23.8 Å². The summed E-state index contributed by atoms with van der Waals surface area (Å²) in [5.41, 5.74) is 5.09. The Hall–Kier alpha value is -5.23. The fourth-order valence-electron chi connectivity index (χ4n) is 5.06. The smallest absolute Gasteiger partial charge is 0.408 e. The molecule has 0 aliphatic heterocycles. The summed E-state index contributed by atoms with van der Waals surface area (Å²) in [6.45, 7) is 5.56. The number of amides is 2. The Morgan fingerprint density at radius 2 is 1.52 bits per heavy atom. The van der Waals surface area contributed by atoms with Crippen LogP contribution < -0.4 is 15.4 Å². The average molecular weight is 675 g/mol. The zero-order valence-electron chi connectivity index (χ0n) is 26.5. The standard InChI is InChI=1S/C36H38N2O9S/c1-3-17-45-34(41)31(37-35(42)46-18-4-2)21-24-13-15-25(16-14-24)44-19-20-48-23-32(33(39)40)38-36(43)47-22-30-28-11-7-5-9-26(28)27-10-6-8-12-29(27)30/h3-17,30-32H,2,18-23H2,1H3,(H,37,42)(H,38,43)(H,39,40)/t31-,32-/m0/s1. The lowest BCUT2D eigenvalue weighted by Gasteiger charge is -2.17. The van der Waals surface area contributed by atoms with E-state index in [1.54, 1.807) is 37.3 Å². The van der Waals surface area contributed by atoms with E-state index in [-0.39, 0.29) is 37.9 Å². The lowest BCUT2D eigenvalue weighted by atomic mass is 9.98. The Balaban J connectivity index is 1.20. The molecule has 252 valence electrons. The number of hydrogen-bond donors (Lipinski definition) is 3. The van der Waals surface area contributed by atoms with E-state index in [2.05, 4.69) is 17.2 Å². The number of rotatable bonds is 17. The molecule has 2 amide bonds. The molecule has 0 saturated heterocycles. The number of alkyl carbamates (subject to hydrolysis) is 2. The fourth-order valence-corrected chi connectivity index (χ4v) is 5.89. The van der Waals surface area contributed by atoms with Crippen molar-refractivity contribution in [3.05, 3.63) is 114 Å². The number of carbonyl (C=O) groups excluding carboxylic acids is 3. The maximum atomic E-state index is 12.6. The predicted octanol–water partition coefficient (Wildman–Crippen LogP) is 5.69. The zero-order chi connectivity index (χ0) is 34.3. The molecule has 0 radical (unpaired) electrons. The molecule has 1 aliphatic rings. The number of carboxylic acids is 1. The number of esters is 1. The van der Waals surface area contributed by atoms with Crippen molar-refractivity contribution in [2.24, 2.45) is 0 Å². The number of carbonyl (C=O) groups is 4. The molecule has 2 atom stereocenters. The highest BCUT2D eigenvalue weighted by Crippen LogP contribution is 2.44. The first-order valence-corrected chi connectivity index (χ1v) is 16.5. The number of ether oxygens (including phenoxy) is 4. The summed E-state index contributed by atoms with van der Waals surface area (Å²) in [6.07, 6.45) is 2.80. The Morgan fingerprint density at radius 1 is 0.896 bits per heavy atom. The maximum Gasteiger partial charge on any atom is 0.408 e. The van der Waals surface area contributed by atoms with Gasteiger partial charge in [-0.25, -0.2) is 19.2 Å². The minimum absolute atomic E-state index is 0.00116. The van der Waals surface area contributed by atoms with Gasteiger partial charge in [-0.05, 0) is 46.9 Å². The molecule has 4 rings (SSSR count). The zero-order valence-corrected chi connectivity index (χ0v) is 27.3. The molecular weight excluding hydrogens is 636 g/mol. The molecule has 3 aromatic carbocycles. The molecule has 0 fully saturated rings. The lowest BCUT2D eigenvalue weighted by Crippen LogP contribution is -2.43. The van der Waals surface area contributed by atoms with Crippen molar-refractivity contribution >= 4 is 35.9 Å². The Labute approximate surface area is 283 Å². The first-order chi connectivity index (χ1) is 23.3. The monoisotopic (exact) mass is 674 g/mol. The third kappa shape index (κ3) is 10.1. The molecule has 0 aromatic heterocycles. The van der Waals surface area contributed by atoms with Crippen LogP contribution in [0.5, 0.6) is 5.75 Å². The van der Waals surface area contributed by atoms with Crippen LogP contribution in [0.4, 0.5) is 9.59 Å². The average Bonchev–Trinajstić information content (AvgIpc) is 3.41. The van der Waals surface area contributed by atoms with Crippen LogP contribution in [0.25, 0.3) is 11.1 Å². The number of hydrogen-bond acceptors (Lipinski definition) is 9. The van der Waals surface area contributed by atoms with E-state index in [1.807, 2.05) is 48.5 Å². The summed E-state index contributed by atoms with van der Waals surface area (Å²) in [7, 11) is 0. The lowest BCUT2D eigenvalue weighted by molar-refractivity contribution is -0.140. The van der Waals surface area contributed by atoms with Crippen LogP contribution >= 0.6 is 11.8 Å². The highest BCUT2D eigenvalue weighted by Gasteiger charge is 2.30. The highest BCUT2D eigenvalue weighted by atomic mass is 32.2. The number of nitrogens with one attached hydrogen (secondary N) is 2. The van der Waals surface area contributed by atoms with Crippen LogP contribution in [-0.4, -0.2) is 72.6 Å². The van der Waals surface area contributed by atoms with Crippen molar-refractivity contribution in [1.82, 2.24) is 10.6 Å². The number of thioether (sulfide) groups is 1. The van der Waals surface area contributed by atoms with Crippen LogP contribution in [0.2, 0.25) is 0 Å². The van der Waals surface area contributed by atoms with Crippen LogP contribution in [0.3, 0.4) is 0 Å². The van der Waals surface area contributed by atoms with Gasteiger partial charge < -0.3 is 34.7 Å². The molecule has 3 aromatic rings. The van der Waals surface area contributed by atoms with Crippen molar-refractivity contribution in [2.45, 2.75) is 31.3 Å². The molecule has 0 saturated carbocycles. The SMILES string of the molecule is C=CCOC(=O)N[C@@H](Cc1ccc(OCCSC[C@H](NC(=O)OCC2c3ccccc3-c3ccccc32)C(=O)O)cc1)C(=O)OC=CC. The largest absolute Gasteiger partial charge is 0.493 e. The predicted molar refractivity (Wildman–Crippen MR) is 182 cm³/mol. The summed E-state index contributed by atoms with van der Waals surface area (Å²) in [6, 6.07) is 20.8. The van der Waals surface area contributed by atoms with Crippen LogP contribution in [0.15, 0.2) is 97.8 Å². The Kier molecular flexibility index (Phi) is 13.5. The van der Waals surface area contributed by atoms with Gasteiger partial charge >= 0.3 is 24.1 Å². The molecular formula is C36H38N2O9S. The quantitative estimate of drug-likeness (QED) is 0.0536. The summed E-state index contributed by atoms with van der Waals surface area (Å²) >= 11 is 1.32. The molecule has 48 heavy (non-hydrogen) atoms. The van der Waals surface area contributed by atoms with E-state index >= 15 is 0 Å². The molecule has 0 bridgehead atoms. The van der Waals surface area contributed by atoms with Crippen LogP contribution in [0, 0.1) is 0 Å². The Bertz CT molecular complexity index is 1560. The number of benzene rings is 3. The summed E-state index contributed by atoms with van der Waals surface area (Å²) < 4.78 is 21.2. The van der Waals surface area contributed by atoms with Gasteiger partial charge in [-0.1, -0.05) is 79.4 Å². The minimum atomic E-state index is -1.16. The first kappa shape index (κ1) is 35.6. The highest BCUT2D eigenvalue weighted by molar-refractivity contribution is 7.99. The van der Waals surface area contributed by atoms with E-state index in [0.29, 0.717) is 11.5 Å². The third-order valence-electron chi connectivity index (χ3n) is 7.31.